The number of amides is 1. The predicted octanol–water partition coefficient (Wildman–Crippen LogP) is 1.17. The van der Waals surface area contributed by atoms with E-state index in [0.717, 1.165) is 0 Å². The van der Waals surface area contributed by atoms with Crippen LogP contribution < -0.4 is 11.1 Å². The van der Waals surface area contributed by atoms with E-state index in [1.54, 1.807) is 31.4 Å². The fourth-order valence-corrected chi connectivity index (χ4v) is 1.66. The molecule has 0 spiro atoms. The van der Waals surface area contributed by atoms with Gasteiger partial charge in [0.2, 0.25) is 5.91 Å². The summed E-state index contributed by atoms with van der Waals surface area (Å²) in [6, 6.07) is 5.91. The Morgan fingerprint density at radius 1 is 1.35 bits per heavy atom. The molecule has 110 valence electrons. The van der Waals surface area contributed by atoms with Crippen LogP contribution in [-0.2, 0) is 14.3 Å². The number of rotatable bonds is 7. The van der Waals surface area contributed by atoms with E-state index in [1.807, 2.05) is 0 Å². The van der Waals surface area contributed by atoms with Gasteiger partial charge >= 0.3 is 5.97 Å². The second kappa shape index (κ2) is 8.29. The number of carbonyl (C=O) groups excluding carboxylic acids is 2. The minimum absolute atomic E-state index is 0.289. The number of carbonyl (C=O) groups is 2. The highest BCUT2D eigenvalue weighted by molar-refractivity contribution is 5.96. The molecule has 1 atom stereocenters. The largest absolute Gasteiger partial charge is 0.465 e. The van der Waals surface area contributed by atoms with Gasteiger partial charge in [0.05, 0.1) is 18.7 Å². The van der Waals surface area contributed by atoms with Crippen LogP contribution in [-0.4, -0.2) is 38.7 Å². The summed E-state index contributed by atoms with van der Waals surface area (Å²) in [5, 5.41) is 2.68. The van der Waals surface area contributed by atoms with Crippen molar-refractivity contribution in [2.45, 2.75) is 18.9 Å². The third-order valence-corrected chi connectivity index (χ3v) is 2.75. The lowest BCUT2D eigenvalue weighted by Gasteiger charge is -2.12. The van der Waals surface area contributed by atoms with Crippen molar-refractivity contribution in [3.8, 4) is 0 Å². The van der Waals surface area contributed by atoms with E-state index in [2.05, 4.69) is 10.1 Å². The van der Waals surface area contributed by atoms with E-state index in [1.165, 1.54) is 7.11 Å². The summed E-state index contributed by atoms with van der Waals surface area (Å²) in [5.41, 5.74) is 6.66. The van der Waals surface area contributed by atoms with Crippen molar-refractivity contribution < 1.29 is 19.1 Å². The van der Waals surface area contributed by atoms with Gasteiger partial charge in [0.1, 0.15) is 0 Å². The quantitative estimate of drug-likeness (QED) is 0.578. The molecular weight excluding hydrogens is 260 g/mol. The van der Waals surface area contributed by atoms with Crippen molar-refractivity contribution in [2.24, 2.45) is 5.73 Å². The summed E-state index contributed by atoms with van der Waals surface area (Å²) in [7, 11) is 2.91. The molecule has 6 heteroatoms. The van der Waals surface area contributed by atoms with Gasteiger partial charge in [-0.2, -0.15) is 0 Å². The molecule has 0 aliphatic rings. The number of nitrogens with two attached hydrogens (primary N) is 1. The number of nitrogens with one attached hydrogen (secondary N) is 1. The lowest BCUT2D eigenvalue weighted by atomic mass is 10.1. The summed E-state index contributed by atoms with van der Waals surface area (Å²) in [6.07, 6.45) is 1.25. The van der Waals surface area contributed by atoms with Crippen LogP contribution in [0.4, 0.5) is 5.69 Å². The average Bonchev–Trinajstić information content (AvgIpc) is 2.46. The summed E-state index contributed by atoms with van der Waals surface area (Å²) in [5.74, 6) is -0.742. The van der Waals surface area contributed by atoms with Crippen molar-refractivity contribution >= 4 is 17.6 Å². The van der Waals surface area contributed by atoms with Crippen LogP contribution in [0.15, 0.2) is 24.3 Å². The number of ether oxygens (including phenoxy) is 2. The third-order valence-electron chi connectivity index (χ3n) is 2.75. The van der Waals surface area contributed by atoms with Gasteiger partial charge < -0.3 is 20.5 Å². The van der Waals surface area contributed by atoms with Gasteiger partial charge in [-0.3, -0.25) is 4.79 Å². The monoisotopic (exact) mass is 280 g/mol. The van der Waals surface area contributed by atoms with Crippen molar-refractivity contribution in [2.75, 3.05) is 26.1 Å². The fourth-order valence-electron chi connectivity index (χ4n) is 1.66. The molecule has 0 fully saturated rings. The Bertz CT molecular complexity index is 462. The molecule has 1 aromatic rings. The van der Waals surface area contributed by atoms with Gasteiger partial charge in [-0.05, 0) is 31.0 Å². The Hall–Kier alpha value is -1.92. The number of hydrogen-bond acceptors (Lipinski definition) is 5. The number of methoxy groups -OCH3 is 2. The molecule has 1 unspecified atom stereocenters. The summed E-state index contributed by atoms with van der Waals surface area (Å²) in [4.78, 5) is 23.3. The molecule has 1 rings (SSSR count). The first-order valence-electron chi connectivity index (χ1n) is 6.32. The zero-order valence-electron chi connectivity index (χ0n) is 11.7. The number of esters is 1. The summed E-state index contributed by atoms with van der Waals surface area (Å²) in [6.45, 7) is 0.568. The Morgan fingerprint density at radius 3 is 2.75 bits per heavy atom. The number of hydrogen-bond donors (Lipinski definition) is 2. The lowest BCUT2D eigenvalue weighted by molar-refractivity contribution is -0.117. The average molecular weight is 280 g/mol. The number of anilines is 1. The molecule has 6 nitrogen and oxygen atoms in total. The van der Waals surface area contributed by atoms with Crippen molar-refractivity contribution in [3.05, 3.63) is 29.8 Å². The molecule has 0 aromatic heterocycles. The number of benzene rings is 1. The smallest absolute Gasteiger partial charge is 0.337 e. The normalized spacial score (nSPS) is 11.8. The molecule has 1 aromatic carbocycles. The highest BCUT2D eigenvalue weighted by Crippen LogP contribution is 2.12. The molecule has 0 aliphatic carbocycles. The zero-order valence-corrected chi connectivity index (χ0v) is 11.7. The van der Waals surface area contributed by atoms with Crippen LogP contribution in [0.25, 0.3) is 0 Å². The van der Waals surface area contributed by atoms with Gasteiger partial charge in [-0.15, -0.1) is 0 Å². The first kappa shape index (κ1) is 16.1. The van der Waals surface area contributed by atoms with Crippen LogP contribution in [0.3, 0.4) is 0 Å². The van der Waals surface area contributed by atoms with E-state index in [0.29, 0.717) is 30.7 Å². The Labute approximate surface area is 118 Å². The standard InChI is InChI=1S/C14H20N2O4/c1-19-8-4-7-12(15)13(17)16-11-6-3-5-10(9-11)14(18)20-2/h3,5-6,9,12H,4,7-8,15H2,1-2H3,(H,16,17). The molecule has 1 amide bonds. The van der Waals surface area contributed by atoms with E-state index >= 15 is 0 Å². The minimum atomic E-state index is -0.605. The predicted molar refractivity (Wildman–Crippen MR) is 75.5 cm³/mol. The highest BCUT2D eigenvalue weighted by Gasteiger charge is 2.14. The zero-order chi connectivity index (χ0) is 15.0. The van der Waals surface area contributed by atoms with Gasteiger partial charge in [0.15, 0.2) is 0 Å². The summed E-state index contributed by atoms with van der Waals surface area (Å²) < 4.78 is 9.52. The molecule has 3 N–H and O–H groups in total. The van der Waals surface area contributed by atoms with Gasteiger partial charge in [0.25, 0.3) is 0 Å². The topological polar surface area (TPSA) is 90.6 Å². The maximum Gasteiger partial charge on any atom is 0.337 e. The van der Waals surface area contributed by atoms with E-state index in [-0.39, 0.29) is 5.91 Å². The maximum absolute atomic E-state index is 11.9. The van der Waals surface area contributed by atoms with E-state index in [4.69, 9.17) is 10.5 Å². The maximum atomic E-state index is 11.9. The Morgan fingerprint density at radius 2 is 2.10 bits per heavy atom. The minimum Gasteiger partial charge on any atom is -0.465 e. The second-order valence-electron chi connectivity index (χ2n) is 4.30. The van der Waals surface area contributed by atoms with Crippen LogP contribution in [0.2, 0.25) is 0 Å². The Kier molecular flexibility index (Phi) is 6.69. The SMILES string of the molecule is COCCCC(N)C(=O)Nc1cccc(C(=O)OC)c1. The fraction of sp³-hybridized carbons (Fsp3) is 0.429. The molecular formula is C14H20N2O4. The van der Waals surface area contributed by atoms with Crippen molar-refractivity contribution in [3.63, 3.8) is 0 Å². The molecule has 0 saturated heterocycles. The third kappa shape index (κ3) is 4.99. The van der Waals surface area contributed by atoms with Crippen molar-refractivity contribution in [1.82, 2.24) is 0 Å². The molecule has 20 heavy (non-hydrogen) atoms. The van der Waals surface area contributed by atoms with E-state index in [9.17, 15) is 9.59 Å². The van der Waals surface area contributed by atoms with Crippen LogP contribution in [0.5, 0.6) is 0 Å². The van der Waals surface area contributed by atoms with E-state index < -0.39 is 12.0 Å². The molecule has 0 bridgehead atoms. The van der Waals surface area contributed by atoms with Crippen molar-refractivity contribution in [1.29, 1.82) is 0 Å². The molecule has 0 aliphatic heterocycles. The molecule has 0 radical (unpaired) electrons. The lowest BCUT2D eigenvalue weighted by Crippen LogP contribution is -2.35. The van der Waals surface area contributed by atoms with Crippen LogP contribution >= 0.6 is 0 Å². The second-order valence-corrected chi connectivity index (χ2v) is 4.30. The summed E-state index contributed by atoms with van der Waals surface area (Å²) >= 11 is 0. The van der Waals surface area contributed by atoms with Gasteiger partial charge in [-0.1, -0.05) is 6.07 Å². The first-order valence-corrected chi connectivity index (χ1v) is 6.32. The van der Waals surface area contributed by atoms with Gasteiger partial charge in [0, 0.05) is 19.4 Å². The molecule has 0 saturated carbocycles. The van der Waals surface area contributed by atoms with Crippen LogP contribution in [0.1, 0.15) is 23.2 Å². The highest BCUT2D eigenvalue weighted by atomic mass is 16.5. The molecule has 0 heterocycles. The Balaban J connectivity index is 2.59. The first-order chi connectivity index (χ1) is 9.58. The van der Waals surface area contributed by atoms with Crippen LogP contribution in [0, 0.1) is 0 Å². The van der Waals surface area contributed by atoms with Gasteiger partial charge in [-0.25, -0.2) is 4.79 Å².